The molecule has 5 nitrogen and oxygen atoms in total. The Bertz CT molecular complexity index is 1280. The van der Waals surface area contributed by atoms with Crippen molar-refractivity contribution in [2.75, 3.05) is 11.0 Å². The van der Waals surface area contributed by atoms with Crippen molar-refractivity contribution in [3.63, 3.8) is 0 Å². The van der Waals surface area contributed by atoms with E-state index in [2.05, 4.69) is 71.1 Å². The maximum Gasteiger partial charge on any atom is 0.115 e. The van der Waals surface area contributed by atoms with Crippen molar-refractivity contribution < 1.29 is 23.7 Å². The molecule has 42 heavy (non-hydrogen) atoms. The summed E-state index contributed by atoms with van der Waals surface area (Å²) in [6.07, 6.45) is -0.697. The van der Waals surface area contributed by atoms with Crippen molar-refractivity contribution in [1.29, 1.82) is 0 Å². The quantitative estimate of drug-likeness (QED) is 0.0961. The van der Waals surface area contributed by atoms with Crippen LogP contribution in [-0.4, -0.2) is 41.6 Å². The molecule has 0 radical (unpaired) electrons. The molecule has 6 heteroatoms. The zero-order chi connectivity index (χ0) is 28.8. The van der Waals surface area contributed by atoms with Gasteiger partial charge in [-0.05, 0) is 28.7 Å². The van der Waals surface area contributed by atoms with Crippen molar-refractivity contribution in [3.8, 4) is 0 Å². The minimum absolute atomic E-state index is 0.159. The zero-order valence-corrected chi connectivity index (χ0v) is 26.0. The molecule has 1 aliphatic heterocycles. The van der Waals surface area contributed by atoms with Gasteiger partial charge in [0, 0.05) is 4.43 Å². The van der Waals surface area contributed by atoms with E-state index in [1.54, 1.807) is 0 Å². The summed E-state index contributed by atoms with van der Waals surface area (Å²) in [4.78, 5) is 0. The Labute approximate surface area is 263 Å². The van der Waals surface area contributed by atoms with Gasteiger partial charge in [0.1, 0.15) is 24.4 Å². The van der Waals surface area contributed by atoms with E-state index in [-0.39, 0.29) is 24.4 Å². The monoisotopic (exact) mass is 678 g/mol. The van der Waals surface area contributed by atoms with Gasteiger partial charge in [0.15, 0.2) is 0 Å². The van der Waals surface area contributed by atoms with Crippen LogP contribution in [0.15, 0.2) is 121 Å². The van der Waals surface area contributed by atoms with E-state index >= 15 is 0 Å². The molecule has 0 spiro atoms. The van der Waals surface area contributed by atoms with Crippen LogP contribution in [0.4, 0.5) is 0 Å². The smallest absolute Gasteiger partial charge is 0.115 e. The van der Waals surface area contributed by atoms with E-state index in [4.69, 9.17) is 23.7 Å². The fourth-order valence-corrected chi connectivity index (χ4v) is 5.84. The van der Waals surface area contributed by atoms with Gasteiger partial charge in [-0.25, -0.2) is 0 Å². The van der Waals surface area contributed by atoms with Crippen LogP contribution in [0.1, 0.15) is 28.7 Å². The summed E-state index contributed by atoms with van der Waals surface area (Å²) in [5.41, 5.74) is 4.44. The maximum absolute atomic E-state index is 6.79. The molecule has 1 heterocycles. The van der Waals surface area contributed by atoms with Gasteiger partial charge < -0.3 is 23.7 Å². The van der Waals surface area contributed by atoms with Crippen LogP contribution in [0.5, 0.6) is 0 Å². The van der Waals surface area contributed by atoms with E-state index < -0.39 is 6.10 Å². The van der Waals surface area contributed by atoms with Gasteiger partial charge in [-0.1, -0.05) is 144 Å². The fraction of sp³-hybridized carbons (Fsp3) is 0.333. The second-order valence-corrected chi connectivity index (χ2v) is 11.6. The predicted molar refractivity (Wildman–Crippen MR) is 173 cm³/mol. The number of alkyl halides is 1. The Morgan fingerprint density at radius 3 is 1.29 bits per heavy atom. The second-order valence-electron chi connectivity index (χ2n) is 10.5. The van der Waals surface area contributed by atoms with Gasteiger partial charge in [0.2, 0.25) is 0 Å². The molecule has 5 rings (SSSR count). The summed E-state index contributed by atoms with van der Waals surface area (Å²) in [6.45, 7) is 2.27. The van der Waals surface area contributed by atoms with Gasteiger partial charge in [-0.3, -0.25) is 0 Å². The number of rotatable bonds is 15. The third-order valence-corrected chi connectivity index (χ3v) is 8.00. The van der Waals surface area contributed by atoms with Crippen molar-refractivity contribution in [1.82, 2.24) is 0 Å². The third-order valence-electron chi connectivity index (χ3n) is 7.37. The minimum Gasteiger partial charge on any atom is -0.374 e. The normalized spacial score (nSPS) is 22.2. The summed E-state index contributed by atoms with van der Waals surface area (Å²) >= 11 is 2.41. The highest BCUT2D eigenvalue weighted by atomic mass is 127. The molecule has 0 saturated carbocycles. The average molecular weight is 679 g/mol. The molecule has 0 N–H and O–H groups in total. The highest BCUT2D eigenvalue weighted by Crippen LogP contribution is 2.32. The fourth-order valence-electron chi connectivity index (χ4n) is 5.22. The topological polar surface area (TPSA) is 46.2 Å². The molecule has 0 unspecified atom stereocenters. The molecular formula is C36H39IO5. The summed E-state index contributed by atoms with van der Waals surface area (Å²) in [5.74, 6) is 0. The standard InChI is InChI=1S/C36H39IO5/c37-22-21-32-34(39-24-29-15-7-2-8-16-29)36(41-26-31-19-11-4-12-20-31)35(40-25-30-17-9-3-10-18-30)33(42-32)27-38-23-28-13-5-1-6-14-28/h1-20,32-36H,21-27H2/t32-,33-,34+,35-,36-/m1/s1. The molecule has 1 saturated heterocycles. The largest absolute Gasteiger partial charge is 0.374 e. The lowest BCUT2D eigenvalue weighted by molar-refractivity contribution is -0.272. The highest BCUT2D eigenvalue weighted by Gasteiger charge is 2.48. The lowest BCUT2D eigenvalue weighted by Crippen LogP contribution is -2.61. The van der Waals surface area contributed by atoms with Crippen LogP contribution in [0.2, 0.25) is 0 Å². The zero-order valence-electron chi connectivity index (χ0n) is 23.8. The molecule has 1 aliphatic rings. The van der Waals surface area contributed by atoms with Crippen LogP contribution in [0.3, 0.4) is 0 Å². The third kappa shape index (κ3) is 9.20. The number of ether oxygens (including phenoxy) is 5. The molecule has 0 bridgehead atoms. The van der Waals surface area contributed by atoms with Crippen molar-refractivity contribution in [2.45, 2.75) is 63.4 Å². The number of halogens is 1. The van der Waals surface area contributed by atoms with Crippen LogP contribution < -0.4 is 0 Å². The van der Waals surface area contributed by atoms with Gasteiger partial charge in [-0.2, -0.15) is 0 Å². The van der Waals surface area contributed by atoms with E-state index in [0.29, 0.717) is 33.0 Å². The van der Waals surface area contributed by atoms with E-state index in [1.165, 1.54) is 0 Å². The first-order chi connectivity index (χ1) is 20.8. The first-order valence-corrected chi connectivity index (χ1v) is 16.1. The first-order valence-electron chi connectivity index (χ1n) is 14.6. The average Bonchev–Trinajstić information content (AvgIpc) is 3.05. The summed E-state index contributed by atoms with van der Waals surface area (Å²) in [6, 6.07) is 41.0. The molecule has 0 amide bonds. The highest BCUT2D eigenvalue weighted by molar-refractivity contribution is 14.1. The summed E-state index contributed by atoms with van der Waals surface area (Å²) in [7, 11) is 0. The molecule has 4 aromatic rings. The van der Waals surface area contributed by atoms with Crippen LogP contribution in [0.25, 0.3) is 0 Å². The molecule has 220 valence electrons. The van der Waals surface area contributed by atoms with E-state index in [1.807, 2.05) is 72.8 Å². The first kappa shape index (κ1) is 30.9. The maximum atomic E-state index is 6.79. The number of hydrogen-bond donors (Lipinski definition) is 0. The summed E-state index contributed by atoms with van der Waals surface area (Å²) < 4.78 is 34.1. The minimum atomic E-state index is -0.393. The Hall–Kier alpha value is -2.59. The van der Waals surface area contributed by atoms with Crippen molar-refractivity contribution >= 4 is 22.6 Å². The van der Waals surface area contributed by atoms with E-state index in [0.717, 1.165) is 33.1 Å². The van der Waals surface area contributed by atoms with Gasteiger partial charge in [-0.15, -0.1) is 0 Å². The Morgan fingerprint density at radius 1 is 0.476 bits per heavy atom. The Balaban J connectivity index is 1.40. The second kappa shape index (κ2) is 16.9. The van der Waals surface area contributed by atoms with Crippen molar-refractivity contribution in [2.24, 2.45) is 0 Å². The lowest BCUT2D eigenvalue weighted by atomic mass is 9.92. The van der Waals surface area contributed by atoms with Gasteiger partial charge in [0.05, 0.1) is 39.1 Å². The predicted octanol–water partition coefficient (Wildman–Crippen LogP) is 7.55. The van der Waals surface area contributed by atoms with Crippen LogP contribution in [0, 0.1) is 0 Å². The molecule has 0 aromatic heterocycles. The molecular weight excluding hydrogens is 639 g/mol. The lowest BCUT2D eigenvalue weighted by Gasteiger charge is -2.46. The summed E-state index contributed by atoms with van der Waals surface area (Å²) in [5, 5.41) is 0. The SMILES string of the molecule is ICC[C@H]1O[C@H](COCc2ccccc2)[C@@H](OCc2ccccc2)[C@H](OCc2ccccc2)[C@H]1OCc1ccccc1. The molecule has 4 aromatic carbocycles. The molecule has 5 atom stereocenters. The van der Waals surface area contributed by atoms with E-state index in [9.17, 15) is 0 Å². The van der Waals surface area contributed by atoms with Crippen LogP contribution in [-0.2, 0) is 50.1 Å². The molecule has 1 fully saturated rings. The molecule has 0 aliphatic carbocycles. The van der Waals surface area contributed by atoms with Gasteiger partial charge >= 0.3 is 0 Å². The Morgan fingerprint density at radius 2 is 0.857 bits per heavy atom. The van der Waals surface area contributed by atoms with Gasteiger partial charge in [0.25, 0.3) is 0 Å². The Kier molecular flexibility index (Phi) is 12.4. The van der Waals surface area contributed by atoms with Crippen LogP contribution >= 0.6 is 22.6 Å². The number of hydrogen-bond acceptors (Lipinski definition) is 5. The number of benzene rings is 4. The van der Waals surface area contributed by atoms with Crippen molar-refractivity contribution in [3.05, 3.63) is 144 Å².